The number of hydrogen-bond donors (Lipinski definition) is 2. The van der Waals surface area contributed by atoms with E-state index >= 15 is 0 Å². The van der Waals surface area contributed by atoms with E-state index in [1.807, 2.05) is 4.90 Å². The Hall–Kier alpha value is -1.20. The molecule has 0 unspecified atom stereocenters. The van der Waals surface area contributed by atoms with E-state index in [0.717, 1.165) is 19.6 Å². The van der Waals surface area contributed by atoms with Crippen LogP contribution in [0.15, 0.2) is 18.5 Å². The van der Waals surface area contributed by atoms with E-state index in [1.165, 1.54) is 0 Å². The lowest BCUT2D eigenvalue weighted by molar-refractivity contribution is 0.245. The molecule has 76 valence electrons. The van der Waals surface area contributed by atoms with Gasteiger partial charge >= 0.3 is 0 Å². The van der Waals surface area contributed by atoms with Crippen molar-refractivity contribution in [3.63, 3.8) is 0 Å². The summed E-state index contributed by atoms with van der Waals surface area (Å²) >= 11 is 0. The molecule has 0 bridgehead atoms. The Kier molecular flexibility index (Phi) is 2.90. The number of hydrogen-bond acceptors (Lipinski definition) is 5. The molecule has 0 saturated carbocycles. The van der Waals surface area contributed by atoms with Crippen molar-refractivity contribution in [3.8, 4) is 0 Å². The van der Waals surface area contributed by atoms with Gasteiger partial charge in [-0.1, -0.05) is 0 Å². The van der Waals surface area contributed by atoms with Gasteiger partial charge in [0.05, 0.1) is 12.6 Å². The van der Waals surface area contributed by atoms with Gasteiger partial charge in [-0.05, 0) is 6.07 Å². The number of aliphatic hydroxyl groups excluding tert-OH is 1. The Morgan fingerprint density at radius 2 is 2.29 bits per heavy atom. The second-order valence-electron chi connectivity index (χ2n) is 3.28. The first-order valence-electron chi connectivity index (χ1n) is 4.77. The number of aliphatic hydroxyl groups is 1. The number of anilines is 1. The van der Waals surface area contributed by atoms with Crippen molar-refractivity contribution in [2.45, 2.75) is 6.04 Å². The standard InChI is InChI=1S/C9H14N4O/c14-7-8-6-10-4-5-13(8)9-11-2-1-3-12-9/h1-3,8,10,14H,4-7H2/t8-/m1/s1. The van der Waals surface area contributed by atoms with Crippen LogP contribution in [-0.2, 0) is 0 Å². The van der Waals surface area contributed by atoms with Crippen LogP contribution in [0, 0.1) is 0 Å². The van der Waals surface area contributed by atoms with Gasteiger partial charge in [-0.3, -0.25) is 0 Å². The third-order valence-electron chi connectivity index (χ3n) is 2.37. The van der Waals surface area contributed by atoms with E-state index in [1.54, 1.807) is 18.5 Å². The summed E-state index contributed by atoms with van der Waals surface area (Å²) in [5.41, 5.74) is 0. The fourth-order valence-corrected chi connectivity index (χ4v) is 1.63. The topological polar surface area (TPSA) is 61.3 Å². The molecule has 1 aliphatic rings. The molecule has 0 radical (unpaired) electrons. The van der Waals surface area contributed by atoms with Crippen LogP contribution in [0.1, 0.15) is 0 Å². The molecular weight excluding hydrogens is 180 g/mol. The van der Waals surface area contributed by atoms with Crippen LogP contribution >= 0.6 is 0 Å². The number of nitrogens with one attached hydrogen (secondary N) is 1. The number of nitrogens with zero attached hydrogens (tertiary/aromatic N) is 3. The van der Waals surface area contributed by atoms with Gasteiger partial charge in [0, 0.05) is 32.0 Å². The summed E-state index contributed by atoms with van der Waals surface area (Å²) in [5.74, 6) is 0.702. The molecule has 1 aromatic heterocycles. The predicted molar refractivity (Wildman–Crippen MR) is 53.1 cm³/mol. The van der Waals surface area contributed by atoms with Crippen LogP contribution in [0.25, 0.3) is 0 Å². The van der Waals surface area contributed by atoms with E-state index in [4.69, 9.17) is 0 Å². The molecule has 0 amide bonds. The Morgan fingerprint density at radius 3 is 3.00 bits per heavy atom. The van der Waals surface area contributed by atoms with Gasteiger partial charge in [0.2, 0.25) is 5.95 Å². The second kappa shape index (κ2) is 4.34. The van der Waals surface area contributed by atoms with Crippen molar-refractivity contribution < 1.29 is 5.11 Å². The normalized spacial score (nSPS) is 22.4. The van der Waals surface area contributed by atoms with Crippen LogP contribution < -0.4 is 10.2 Å². The monoisotopic (exact) mass is 194 g/mol. The number of piperazine rings is 1. The van der Waals surface area contributed by atoms with Crippen molar-refractivity contribution in [2.75, 3.05) is 31.1 Å². The molecular formula is C9H14N4O. The third kappa shape index (κ3) is 1.83. The summed E-state index contributed by atoms with van der Waals surface area (Å²) in [4.78, 5) is 10.4. The highest BCUT2D eigenvalue weighted by atomic mass is 16.3. The highest BCUT2D eigenvalue weighted by molar-refractivity contribution is 5.31. The minimum atomic E-state index is 0.0890. The first kappa shape index (κ1) is 9.36. The molecule has 2 N–H and O–H groups in total. The molecule has 0 spiro atoms. The van der Waals surface area contributed by atoms with Gasteiger partial charge in [0.1, 0.15) is 0 Å². The Balaban J connectivity index is 2.15. The fraction of sp³-hybridized carbons (Fsp3) is 0.556. The van der Waals surface area contributed by atoms with Crippen molar-refractivity contribution >= 4 is 5.95 Å². The molecule has 0 aliphatic carbocycles. The summed E-state index contributed by atoms with van der Waals surface area (Å²) < 4.78 is 0. The second-order valence-corrected chi connectivity index (χ2v) is 3.28. The molecule has 2 rings (SSSR count). The van der Waals surface area contributed by atoms with Gasteiger partial charge in [-0.25, -0.2) is 9.97 Å². The molecule has 2 heterocycles. The molecule has 5 heteroatoms. The summed E-state index contributed by atoms with van der Waals surface area (Å²) in [6.45, 7) is 2.67. The predicted octanol–water partition coefficient (Wildman–Crippen LogP) is -0.753. The summed E-state index contributed by atoms with van der Waals surface area (Å²) in [6.07, 6.45) is 3.44. The lowest BCUT2D eigenvalue weighted by Crippen LogP contribution is -2.53. The van der Waals surface area contributed by atoms with Gasteiger partial charge in [-0.15, -0.1) is 0 Å². The van der Waals surface area contributed by atoms with E-state index in [0.29, 0.717) is 5.95 Å². The molecule has 1 aromatic rings. The molecule has 14 heavy (non-hydrogen) atoms. The van der Waals surface area contributed by atoms with Gasteiger partial charge in [0.15, 0.2) is 0 Å². The molecule has 0 aromatic carbocycles. The van der Waals surface area contributed by atoms with E-state index in [2.05, 4.69) is 15.3 Å². The zero-order valence-electron chi connectivity index (χ0n) is 7.93. The van der Waals surface area contributed by atoms with E-state index in [9.17, 15) is 5.11 Å². The molecule has 1 fully saturated rings. The Morgan fingerprint density at radius 1 is 1.50 bits per heavy atom. The van der Waals surface area contributed by atoms with Gasteiger partial charge in [0.25, 0.3) is 0 Å². The molecule has 1 aliphatic heterocycles. The highest BCUT2D eigenvalue weighted by Gasteiger charge is 2.22. The summed E-state index contributed by atoms with van der Waals surface area (Å²) in [6, 6.07) is 1.88. The fourth-order valence-electron chi connectivity index (χ4n) is 1.63. The van der Waals surface area contributed by atoms with Crippen LogP contribution in [-0.4, -0.2) is 47.4 Å². The average Bonchev–Trinajstić information content (AvgIpc) is 2.30. The maximum Gasteiger partial charge on any atom is 0.225 e. The SMILES string of the molecule is OC[C@H]1CNCCN1c1ncccn1. The first-order valence-corrected chi connectivity index (χ1v) is 4.77. The quantitative estimate of drug-likeness (QED) is 0.648. The lowest BCUT2D eigenvalue weighted by Gasteiger charge is -2.34. The Bertz CT molecular complexity index is 279. The molecule has 5 nitrogen and oxygen atoms in total. The lowest BCUT2D eigenvalue weighted by atomic mass is 10.2. The van der Waals surface area contributed by atoms with Gasteiger partial charge in [-0.2, -0.15) is 0 Å². The highest BCUT2D eigenvalue weighted by Crippen LogP contribution is 2.11. The maximum atomic E-state index is 9.19. The van der Waals surface area contributed by atoms with Crippen LogP contribution in [0.2, 0.25) is 0 Å². The summed E-state index contributed by atoms with van der Waals surface area (Å²) in [5, 5.41) is 12.4. The largest absolute Gasteiger partial charge is 0.394 e. The van der Waals surface area contributed by atoms with Crippen LogP contribution in [0.3, 0.4) is 0 Å². The average molecular weight is 194 g/mol. The number of rotatable bonds is 2. The van der Waals surface area contributed by atoms with Crippen molar-refractivity contribution in [2.24, 2.45) is 0 Å². The summed E-state index contributed by atoms with van der Waals surface area (Å²) in [7, 11) is 0. The minimum absolute atomic E-state index is 0.0890. The van der Waals surface area contributed by atoms with Crippen molar-refractivity contribution in [3.05, 3.63) is 18.5 Å². The Labute approximate surface area is 82.8 Å². The van der Waals surface area contributed by atoms with Crippen LogP contribution in [0.5, 0.6) is 0 Å². The maximum absolute atomic E-state index is 9.19. The molecule has 1 atom stereocenters. The van der Waals surface area contributed by atoms with E-state index < -0.39 is 0 Å². The molecule has 1 saturated heterocycles. The van der Waals surface area contributed by atoms with Crippen molar-refractivity contribution in [1.82, 2.24) is 15.3 Å². The van der Waals surface area contributed by atoms with Crippen molar-refractivity contribution in [1.29, 1.82) is 0 Å². The zero-order valence-corrected chi connectivity index (χ0v) is 7.93. The third-order valence-corrected chi connectivity index (χ3v) is 2.37. The van der Waals surface area contributed by atoms with E-state index in [-0.39, 0.29) is 12.6 Å². The smallest absolute Gasteiger partial charge is 0.225 e. The zero-order chi connectivity index (χ0) is 9.80. The van der Waals surface area contributed by atoms with Crippen LogP contribution in [0.4, 0.5) is 5.95 Å². The first-order chi connectivity index (χ1) is 6.92. The van der Waals surface area contributed by atoms with Gasteiger partial charge < -0.3 is 15.3 Å². The number of aromatic nitrogens is 2. The minimum Gasteiger partial charge on any atom is -0.394 e.